The van der Waals surface area contributed by atoms with Crippen LogP contribution in [0.3, 0.4) is 0 Å². The average molecular weight is 318 g/mol. The van der Waals surface area contributed by atoms with Gasteiger partial charge in [0.2, 0.25) is 0 Å². The zero-order valence-corrected chi connectivity index (χ0v) is 11.9. The summed E-state index contributed by atoms with van der Waals surface area (Å²) in [6.45, 7) is 0.482. The van der Waals surface area contributed by atoms with E-state index in [0.717, 1.165) is 11.1 Å². The minimum absolute atomic E-state index is 0. The summed E-state index contributed by atoms with van der Waals surface area (Å²) in [4.78, 5) is 0. The molecule has 0 saturated heterocycles. The SMILES string of the molecule is Cl.NCCc1ccccc1-c1cccc(OC(F)(F)F)c1. The largest absolute Gasteiger partial charge is 0.573 e. The van der Waals surface area contributed by atoms with Crippen LogP contribution >= 0.6 is 12.4 Å². The number of ether oxygens (including phenoxy) is 1. The van der Waals surface area contributed by atoms with Crippen molar-refractivity contribution in [1.82, 2.24) is 0 Å². The number of hydrogen-bond donors (Lipinski definition) is 1. The molecule has 0 radical (unpaired) electrons. The number of alkyl halides is 3. The van der Waals surface area contributed by atoms with Crippen LogP contribution in [-0.4, -0.2) is 12.9 Å². The van der Waals surface area contributed by atoms with Gasteiger partial charge in [-0.25, -0.2) is 0 Å². The average Bonchev–Trinajstić information content (AvgIpc) is 2.38. The van der Waals surface area contributed by atoms with Gasteiger partial charge in [0.05, 0.1) is 0 Å². The maximum Gasteiger partial charge on any atom is 0.573 e. The van der Waals surface area contributed by atoms with E-state index in [1.807, 2.05) is 24.3 Å². The standard InChI is InChI=1S/C15H14F3NO.ClH/c16-15(17,18)20-13-6-3-5-12(10-13)14-7-2-1-4-11(14)8-9-19;/h1-7,10H,8-9,19H2;1H. The molecule has 0 unspecified atom stereocenters. The van der Waals surface area contributed by atoms with Crippen molar-refractivity contribution in [2.75, 3.05) is 6.54 Å². The molecule has 0 aromatic heterocycles. The predicted molar refractivity (Wildman–Crippen MR) is 78.6 cm³/mol. The Morgan fingerprint density at radius 1 is 1.00 bits per heavy atom. The quantitative estimate of drug-likeness (QED) is 0.918. The minimum Gasteiger partial charge on any atom is -0.406 e. The van der Waals surface area contributed by atoms with Gasteiger partial charge in [0.1, 0.15) is 5.75 Å². The third-order valence-corrected chi connectivity index (χ3v) is 2.81. The van der Waals surface area contributed by atoms with Crippen LogP contribution in [0.25, 0.3) is 11.1 Å². The number of benzene rings is 2. The van der Waals surface area contributed by atoms with Crippen molar-refractivity contribution < 1.29 is 17.9 Å². The predicted octanol–water partition coefficient (Wildman–Crippen LogP) is 4.18. The molecule has 2 rings (SSSR count). The summed E-state index contributed by atoms with van der Waals surface area (Å²) >= 11 is 0. The summed E-state index contributed by atoms with van der Waals surface area (Å²) in [7, 11) is 0. The van der Waals surface area contributed by atoms with Gasteiger partial charge >= 0.3 is 6.36 Å². The molecule has 2 nitrogen and oxygen atoms in total. The molecule has 0 heterocycles. The molecule has 0 aliphatic heterocycles. The zero-order valence-electron chi connectivity index (χ0n) is 11.1. The van der Waals surface area contributed by atoms with Gasteiger partial charge in [0.15, 0.2) is 0 Å². The van der Waals surface area contributed by atoms with E-state index in [1.165, 1.54) is 18.2 Å². The van der Waals surface area contributed by atoms with Crippen LogP contribution in [0.15, 0.2) is 48.5 Å². The van der Waals surface area contributed by atoms with Crippen LogP contribution in [0.4, 0.5) is 13.2 Å². The van der Waals surface area contributed by atoms with Crippen LogP contribution < -0.4 is 10.5 Å². The van der Waals surface area contributed by atoms with Crippen molar-refractivity contribution in [3.05, 3.63) is 54.1 Å². The Morgan fingerprint density at radius 3 is 2.38 bits per heavy atom. The van der Waals surface area contributed by atoms with Gasteiger partial charge in [-0.1, -0.05) is 36.4 Å². The fraction of sp³-hybridized carbons (Fsp3) is 0.200. The Balaban J connectivity index is 0.00000220. The molecule has 0 bridgehead atoms. The van der Waals surface area contributed by atoms with E-state index in [0.29, 0.717) is 18.5 Å². The first-order valence-corrected chi connectivity index (χ1v) is 6.14. The van der Waals surface area contributed by atoms with Gasteiger partial charge in [-0.3, -0.25) is 0 Å². The summed E-state index contributed by atoms with van der Waals surface area (Å²) < 4.78 is 40.6. The Bertz CT molecular complexity index is 587. The molecule has 0 atom stereocenters. The first-order chi connectivity index (χ1) is 9.49. The molecule has 2 aromatic carbocycles. The number of halogens is 4. The smallest absolute Gasteiger partial charge is 0.406 e. The van der Waals surface area contributed by atoms with E-state index in [4.69, 9.17) is 5.73 Å². The molecule has 0 fully saturated rings. The Labute approximate surface area is 127 Å². The van der Waals surface area contributed by atoms with E-state index in [9.17, 15) is 13.2 Å². The van der Waals surface area contributed by atoms with Crippen LogP contribution in [0.2, 0.25) is 0 Å². The lowest BCUT2D eigenvalue weighted by molar-refractivity contribution is -0.274. The fourth-order valence-electron chi connectivity index (χ4n) is 2.04. The second kappa shape index (κ2) is 7.33. The minimum atomic E-state index is -4.69. The molecular formula is C15H15ClF3NO. The molecule has 21 heavy (non-hydrogen) atoms. The molecule has 0 saturated carbocycles. The summed E-state index contributed by atoms with van der Waals surface area (Å²) in [5.74, 6) is -0.224. The highest BCUT2D eigenvalue weighted by atomic mass is 35.5. The lowest BCUT2D eigenvalue weighted by atomic mass is 9.97. The normalized spacial score (nSPS) is 10.9. The van der Waals surface area contributed by atoms with Crippen LogP contribution in [-0.2, 0) is 6.42 Å². The number of rotatable bonds is 4. The highest BCUT2D eigenvalue weighted by Gasteiger charge is 2.31. The summed E-state index contributed by atoms with van der Waals surface area (Å²) in [6.07, 6.45) is -4.02. The van der Waals surface area contributed by atoms with Gasteiger partial charge in [-0.05, 0) is 41.8 Å². The summed E-state index contributed by atoms with van der Waals surface area (Å²) in [5.41, 5.74) is 8.09. The van der Waals surface area contributed by atoms with Crippen molar-refractivity contribution in [3.8, 4) is 16.9 Å². The van der Waals surface area contributed by atoms with Gasteiger partial charge in [0, 0.05) is 0 Å². The molecule has 0 amide bonds. The zero-order chi connectivity index (χ0) is 14.6. The Hall–Kier alpha value is -1.72. The summed E-state index contributed by atoms with van der Waals surface area (Å²) in [6, 6.07) is 13.4. The highest BCUT2D eigenvalue weighted by Crippen LogP contribution is 2.29. The second-order valence-electron chi connectivity index (χ2n) is 4.27. The molecule has 0 aliphatic rings. The first kappa shape index (κ1) is 17.3. The van der Waals surface area contributed by atoms with Crippen molar-refractivity contribution in [2.24, 2.45) is 5.73 Å². The van der Waals surface area contributed by atoms with Crippen LogP contribution in [0, 0.1) is 0 Å². The number of hydrogen-bond acceptors (Lipinski definition) is 2. The second-order valence-corrected chi connectivity index (χ2v) is 4.27. The fourth-order valence-corrected chi connectivity index (χ4v) is 2.04. The first-order valence-electron chi connectivity index (χ1n) is 6.14. The van der Waals surface area contributed by atoms with E-state index >= 15 is 0 Å². The molecule has 114 valence electrons. The maximum atomic E-state index is 12.2. The third kappa shape index (κ3) is 4.95. The van der Waals surface area contributed by atoms with Crippen LogP contribution in [0.5, 0.6) is 5.75 Å². The van der Waals surface area contributed by atoms with Gasteiger partial charge in [-0.15, -0.1) is 25.6 Å². The molecule has 0 spiro atoms. The topological polar surface area (TPSA) is 35.2 Å². The van der Waals surface area contributed by atoms with Gasteiger partial charge < -0.3 is 10.5 Å². The molecule has 0 aliphatic carbocycles. The van der Waals surface area contributed by atoms with E-state index in [-0.39, 0.29) is 18.2 Å². The lowest BCUT2D eigenvalue weighted by Gasteiger charge is -2.12. The highest BCUT2D eigenvalue weighted by molar-refractivity contribution is 5.85. The van der Waals surface area contributed by atoms with E-state index in [2.05, 4.69) is 4.74 Å². The van der Waals surface area contributed by atoms with E-state index in [1.54, 1.807) is 6.07 Å². The monoisotopic (exact) mass is 317 g/mol. The van der Waals surface area contributed by atoms with Crippen LogP contribution in [0.1, 0.15) is 5.56 Å². The summed E-state index contributed by atoms with van der Waals surface area (Å²) in [5, 5.41) is 0. The molecule has 2 N–H and O–H groups in total. The van der Waals surface area contributed by atoms with Crippen molar-refractivity contribution in [2.45, 2.75) is 12.8 Å². The van der Waals surface area contributed by atoms with Gasteiger partial charge in [-0.2, -0.15) is 0 Å². The molecule has 6 heteroatoms. The number of nitrogens with two attached hydrogens (primary N) is 1. The Kier molecular flexibility index (Phi) is 6.05. The molecule has 2 aromatic rings. The van der Waals surface area contributed by atoms with Crippen molar-refractivity contribution in [1.29, 1.82) is 0 Å². The van der Waals surface area contributed by atoms with Gasteiger partial charge in [0.25, 0.3) is 0 Å². The molecular weight excluding hydrogens is 303 g/mol. The maximum absolute atomic E-state index is 12.2. The lowest BCUT2D eigenvalue weighted by Crippen LogP contribution is -2.17. The van der Waals surface area contributed by atoms with Crippen molar-refractivity contribution in [3.63, 3.8) is 0 Å². The van der Waals surface area contributed by atoms with E-state index < -0.39 is 6.36 Å². The van der Waals surface area contributed by atoms with Crippen molar-refractivity contribution >= 4 is 12.4 Å². The Morgan fingerprint density at radius 2 is 1.71 bits per heavy atom. The third-order valence-electron chi connectivity index (χ3n) is 2.81.